The van der Waals surface area contributed by atoms with Crippen LogP contribution >= 0.6 is 0 Å². The van der Waals surface area contributed by atoms with Gasteiger partial charge >= 0.3 is 0 Å². The molecule has 0 amide bonds. The average molecular weight is 351 g/mol. The maximum atomic E-state index is 2.34. The highest BCUT2D eigenvalue weighted by Gasteiger charge is 2.36. The Balaban J connectivity index is 0.000000872. The first-order valence-electron chi connectivity index (χ1n) is 9.89. The van der Waals surface area contributed by atoms with Gasteiger partial charge in [-0.2, -0.15) is 0 Å². The van der Waals surface area contributed by atoms with Gasteiger partial charge in [-0.15, -0.1) is 0 Å². The van der Waals surface area contributed by atoms with Crippen LogP contribution in [0, 0.1) is 0 Å². The molecule has 0 bridgehead atoms. The van der Waals surface area contributed by atoms with Crippen molar-refractivity contribution in [1.29, 1.82) is 0 Å². The Kier molecular flexibility index (Phi) is 4.36. The van der Waals surface area contributed by atoms with Crippen molar-refractivity contribution in [1.82, 2.24) is 0 Å². The highest BCUT2D eigenvalue weighted by Crippen LogP contribution is 2.51. The third-order valence-corrected chi connectivity index (χ3v) is 5.67. The fraction of sp³-hybridized carbons (Fsp3) is 0.185. The second-order valence-electron chi connectivity index (χ2n) is 7.46. The van der Waals surface area contributed by atoms with Gasteiger partial charge < -0.3 is 0 Å². The van der Waals surface area contributed by atoms with Crippen LogP contribution in [-0.2, 0) is 5.41 Å². The van der Waals surface area contributed by atoms with Crippen molar-refractivity contribution in [3.63, 3.8) is 0 Å². The van der Waals surface area contributed by atoms with Crippen LogP contribution in [-0.4, -0.2) is 0 Å². The SMILES string of the molecule is CC.CC1(C)c2ccccc2-c2c(-c3ccc4ccccc4c3)cccc21. The Labute approximate surface area is 162 Å². The maximum absolute atomic E-state index is 2.34. The third-order valence-electron chi connectivity index (χ3n) is 5.67. The molecule has 1 aliphatic rings. The second-order valence-corrected chi connectivity index (χ2v) is 7.46. The molecule has 0 saturated heterocycles. The molecule has 27 heavy (non-hydrogen) atoms. The Hall–Kier alpha value is -2.86. The quantitative estimate of drug-likeness (QED) is 0.328. The number of hydrogen-bond acceptors (Lipinski definition) is 0. The van der Waals surface area contributed by atoms with E-state index >= 15 is 0 Å². The number of hydrogen-bond donors (Lipinski definition) is 0. The summed E-state index contributed by atoms with van der Waals surface area (Å²) in [4.78, 5) is 0. The van der Waals surface area contributed by atoms with Crippen molar-refractivity contribution >= 4 is 10.8 Å². The van der Waals surface area contributed by atoms with Gasteiger partial charge in [0.1, 0.15) is 0 Å². The van der Waals surface area contributed by atoms with E-state index in [2.05, 4.69) is 98.8 Å². The smallest absolute Gasteiger partial charge is 0.0159 e. The summed E-state index contributed by atoms with van der Waals surface area (Å²) in [7, 11) is 0. The minimum absolute atomic E-state index is 0.0544. The zero-order valence-electron chi connectivity index (χ0n) is 16.6. The normalized spacial score (nSPS) is 13.5. The first-order chi connectivity index (χ1) is 13.2. The first kappa shape index (κ1) is 17.5. The van der Waals surface area contributed by atoms with Gasteiger partial charge in [0.2, 0.25) is 0 Å². The molecule has 4 aromatic carbocycles. The molecule has 0 nitrogen and oxygen atoms in total. The van der Waals surface area contributed by atoms with Gasteiger partial charge in [-0.05, 0) is 50.2 Å². The van der Waals surface area contributed by atoms with Crippen LogP contribution < -0.4 is 0 Å². The third kappa shape index (κ3) is 2.68. The van der Waals surface area contributed by atoms with E-state index in [1.54, 1.807) is 0 Å². The van der Waals surface area contributed by atoms with Gasteiger partial charge in [-0.25, -0.2) is 0 Å². The molecule has 0 atom stereocenters. The topological polar surface area (TPSA) is 0 Å². The molecular weight excluding hydrogens is 324 g/mol. The first-order valence-corrected chi connectivity index (χ1v) is 9.89. The fourth-order valence-electron chi connectivity index (χ4n) is 4.35. The minimum atomic E-state index is 0.0544. The Morgan fingerprint density at radius 1 is 0.556 bits per heavy atom. The summed E-state index contributed by atoms with van der Waals surface area (Å²) < 4.78 is 0. The lowest BCUT2D eigenvalue weighted by atomic mass is 9.82. The summed E-state index contributed by atoms with van der Waals surface area (Å²) in [5, 5.41) is 2.59. The van der Waals surface area contributed by atoms with Crippen molar-refractivity contribution in [3.05, 3.63) is 96.1 Å². The van der Waals surface area contributed by atoms with E-state index < -0.39 is 0 Å². The van der Waals surface area contributed by atoms with Crippen molar-refractivity contribution in [2.45, 2.75) is 33.1 Å². The standard InChI is InChI=1S/C25H20.C2H6/c1-25(2)22-12-6-5-10-21(22)24-20(11-7-13-23(24)25)19-15-14-17-8-3-4-9-18(17)16-19;1-2/h3-16H,1-2H3;1-2H3. The Morgan fingerprint density at radius 2 is 1.19 bits per heavy atom. The monoisotopic (exact) mass is 350 g/mol. The molecule has 5 rings (SSSR count). The average Bonchev–Trinajstić information content (AvgIpc) is 2.97. The summed E-state index contributed by atoms with van der Waals surface area (Å²) in [6.45, 7) is 8.67. The molecule has 0 heterocycles. The molecule has 0 fully saturated rings. The fourth-order valence-corrected chi connectivity index (χ4v) is 4.35. The van der Waals surface area contributed by atoms with Crippen LogP contribution in [0.5, 0.6) is 0 Å². The summed E-state index contributed by atoms with van der Waals surface area (Å²) in [6.07, 6.45) is 0. The minimum Gasteiger partial charge on any atom is -0.0683 e. The molecule has 0 radical (unpaired) electrons. The van der Waals surface area contributed by atoms with Crippen molar-refractivity contribution < 1.29 is 0 Å². The Bertz CT molecular complexity index is 1120. The second kappa shape index (κ2) is 6.70. The highest BCUT2D eigenvalue weighted by molar-refractivity contribution is 5.95. The van der Waals surface area contributed by atoms with Crippen molar-refractivity contribution in [3.8, 4) is 22.3 Å². The summed E-state index contributed by atoms with van der Waals surface area (Å²) in [6, 6.07) is 31.0. The van der Waals surface area contributed by atoms with Crippen LogP contribution in [0.3, 0.4) is 0 Å². The molecule has 0 N–H and O–H groups in total. The van der Waals surface area contributed by atoms with E-state index in [0.717, 1.165) is 0 Å². The lowest BCUT2D eigenvalue weighted by Crippen LogP contribution is -2.14. The molecule has 1 aliphatic carbocycles. The van der Waals surface area contributed by atoms with Gasteiger partial charge in [0.25, 0.3) is 0 Å². The molecule has 0 unspecified atom stereocenters. The molecule has 0 spiro atoms. The molecule has 0 aromatic heterocycles. The van der Waals surface area contributed by atoms with Gasteiger partial charge in [-0.3, -0.25) is 0 Å². The lowest BCUT2D eigenvalue weighted by Gasteiger charge is -2.21. The Morgan fingerprint density at radius 3 is 2.00 bits per heavy atom. The number of rotatable bonds is 1. The van der Waals surface area contributed by atoms with Crippen LogP contribution in [0.4, 0.5) is 0 Å². The van der Waals surface area contributed by atoms with E-state index in [1.807, 2.05) is 13.8 Å². The molecular formula is C27H26. The predicted octanol–water partition coefficient (Wildman–Crippen LogP) is 7.84. The van der Waals surface area contributed by atoms with Crippen molar-refractivity contribution in [2.24, 2.45) is 0 Å². The van der Waals surface area contributed by atoms with Gasteiger partial charge in [0.05, 0.1) is 0 Å². The van der Waals surface area contributed by atoms with Crippen LogP contribution in [0.2, 0.25) is 0 Å². The maximum Gasteiger partial charge on any atom is 0.0159 e. The van der Waals surface area contributed by atoms with Gasteiger partial charge in [0.15, 0.2) is 0 Å². The summed E-state index contributed by atoms with van der Waals surface area (Å²) in [5.41, 5.74) is 8.32. The predicted molar refractivity (Wildman–Crippen MR) is 118 cm³/mol. The molecule has 4 aromatic rings. The van der Waals surface area contributed by atoms with E-state index in [4.69, 9.17) is 0 Å². The van der Waals surface area contributed by atoms with E-state index in [0.29, 0.717) is 0 Å². The molecule has 134 valence electrons. The zero-order valence-corrected chi connectivity index (χ0v) is 16.6. The lowest BCUT2D eigenvalue weighted by molar-refractivity contribution is 0.660. The van der Waals surface area contributed by atoms with Gasteiger partial charge in [0, 0.05) is 5.41 Å². The summed E-state index contributed by atoms with van der Waals surface area (Å²) in [5.74, 6) is 0. The molecule has 0 saturated carbocycles. The summed E-state index contributed by atoms with van der Waals surface area (Å²) >= 11 is 0. The number of benzene rings is 4. The van der Waals surface area contributed by atoms with Crippen LogP contribution in [0.15, 0.2) is 84.9 Å². The van der Waals surface area contributed by atoms with E-state index in [9.17, 15) is 0 Å². The zero-order chi connectivity index (χ0) is 19.0. The van der Waals surface area contributed by atoms with E-state index in [1.165, 1.54) is 44.2 Å². The van der Waals surface area contributed by atoms with E-state index in [-0.39, 0.29) is 5.41 Å². The van der Waals surface area contributed by atoms with Crippen molar-refractivity contribution in [2.75, 3.05) is 0 Å². The molecule has 0 aliphatic heterocycles. The van der Waals surface area contributed by atoms with Gasteiger partial charge in [-0.1, -0.05) is 107 Å². The molecule has 0 heteroatoms. The van der Waals surface area contributed by atoms with Crippen LogP contribution in [0.1, 0.15) is 38.8 Å². The van der Waals surface area contributed by atoms with Crippen LogP contribution in [0.25, 0.3) is 33.0 Å². The highest BCUT2D eigenvalue weighted by atomic mass is 14.4. The number of fused-ring (bicyclic) bond motifs is 4. The largest absolute Gasteiger partial charge is 0.0683 e.